The third kappa shape index (κ3) is 3.35. The minimum absolute atomic E-state index is 0.0173. The second kappa shape index (κ2) is 6.19. The quantitative estimate of drug-likeness (QED) is 0.736. The van der Waals surface area contributed by atoms with E-state index in [1.165, 1.54) is 0 Å². The van der Waals surface area contributed by atoms with Crippen molar-refractivity contribution < 1.29 is 19.4 Å². The van der Waals surface area contributed by atoms with Gasteiger partial charge >= 0.3 is 5.97 Å². The number of allylic oxidation sites excluding steroid dienone is 2. The molecule has 1 saturated carbocycles. The Kier molecular flexibility index (Phi) is 4.58. The third-order valence-electron chi connectivity index (χ3n) is 3.87. The zero-order valence-electron chi connectivity index (χ0n) is 11.2. The Labute approximate surface area is 113 Å². The molecular formula is C14H21NO4. The van der Waals surface area contributed by atoms with Crippen molar-refractivity contribution in [2.45, 2.75) is 31.7 Å². The van der Waals surface area contributed by atoms with Crippen LogP contribution in [0.25, 0.3) is 0 Å². The second-order valence-corrected chi connectivity index (χ2v) is 5.25. The molecule has 1 fully saturated rings. The average molecular weight is 267 g/mol. The molecule has 2 rings (SSSR count). The van der Waals surface area contributed by atoms with Gasteiger partial charge in [-0.05, 0) is 25.7 Å². The number of carbonyl (C=O) groups is 2. The average Bonchev–Trinajstić information content (AvgIpc) is 3.23. The van der Waals surface area contributed by atoms with E-state index >= 15 is 0 Å². The van der Waals surface area contributed by atoms with Crippen molar-refractivity contribution in [3.05, 3.63) is 12.2 Å². The summed E-state index contributed by atoms with van der Waals surface area (Å²) in [7, 11) is 1.61. The second-order valence-electron chi connectivity index (χ2n) is 5.25. The van der Waals surface area contributed by atoms with E-state index in [9.17, 15) is 14.7 Å². The number of rotatable bonds is 6. The van der Waals surface area contributed by atoms with Crippen molar-refractivity contribution in [3.63, 3.8) is 0 Å². The van der Waals surface area contributed by atoms with Gasteiger partial charge in [-0.3, -0.25) is 9.59 Å². The van der Waals surface area contributed by atoms with Crippen LogP contribution in [-0.4, -0.2) is 48.2 Å². The van der Waals surface area contributed by atoms with Gasteiger partial charge in [0.1, 0.15) is 0 Å². The summed E-state index contributed by atoms with van der Waals surface area (Å²) in [6, 6.07) is 0.294. The molecule has 1 amide bonds. The van der Waals surface area contributed by atoms with Crippen LogP contribution < -0.4 is 0 Å². The van der Waals surface area contributed by atoms with Crippen LogP contribution in [0.3, 0.4) is 0 Å². The molecule has 0 bridgehead atoms. The molecular weight excluding hydrogens is 246 g/mol. The van der Waals surface area contributed by atoms with Crippen molar-refractivity contribution in [1.29, 1.82) is 0 Å². The highest BCUT2D eigenvalue weighted by molar-refractivity contribution is 5.85. The number of ether oxygens (including phenoxy) is 1. The lowest BCUT2D eigenvalue weighted by Gasteiger charge is -2.31. The Hall–Kier alpha value is -1.36. The summed E-state index contributed by atoms with van der Waals surface area (Å²) in [6.07, 6.45) is 6.81. The molecule has 5 heteroatoms. The van der Waals surface area contributed by atoms with E-state index in [-0.39, 0.29) is 5.91 Å². The Morgan fingerprint density at radius 3 is 2.42 bits per heavy atom. The lowest BCUT2D eigenvalue weighted by molar-refractivity contribution is -0.151. The molecule has 2 aliphatic carbocycles. The Morgan fingerprint density at radius 1 is 1.26 bits per heavy atom. The van der Waals surface area contributed by atoms with E-state index in [0.29, 0.717) is 32.0 Å². The molecule has 5 nitrogen and oxygen atoms in total. The number of methoxy groups -OCH3 is 1. The molecule has 0 saturated heterocycles. The number of amides is 1. The summed E-state index contributed by atoms with van der Waals surface area (Å²) >= 11 is 0. The van der Waals surface area contributed by atoms with Crippen LogP contribution >= 0.6 is 0 Å². The number of hydrogen-bond acceptors (Lipinski definition) is 3. The van der Waals surface area contributed by atoms with Crippen LogP contribution in [-0.2, 0) is 14.3 Å². The first-order valence-electron chi connectivity index (χ1n) is 6.82. The fraction of sp³-hybridized carbons (Fsp3) is 0.714. The molecule has 0 heterocycles. The zero-order valence-corrected chi connectivity index (χ0v) is 11.2. The highest BCUT2D eigenvalue weighted by atomic mass is 16.5. The lowest BCUT2D eigenvalue weighted by Crippen LogP contribution is -2.44. The van der Waals surface area contributed by atoms with Gasteiger partial charge in [-0.1, -0.05) is 12.2 Å². The summed E-state index contributed by atoms with van der Waals surface area (Å²) in [4.78, 5) is 25.7. The maximum absolute atomic E-state index is 12.6. The first kappa shape index (κ1) is 14.1. The molecule has 0 aromatic carbocycles. The topological polar surface area (TPSA) is 66.8 Å². The number of carbonyl (C=O) groups excluding carboxylic acids is 1. The Bertz CT molecular complexity index is 376. The molecule has 2 aliphatic rings. The van der Waals surface area contributed by atoms with Gasteiger partial charge in [0.05, 0.1) is 18.4 Å². The summed E-state index contributed by atoms with van der Waals surface area (Å²) in [6.45, 7) is 1.06. The minimum atomic E-state index is -0.870. The van der Waals surface area contributed by atoms with Crippen LogP contribution in [0.2, 0.25) is 0 Å². The van der Waals surface area contributed by atoms with Crippen molar-refractivity contribution in [2.75, 3.05) is 20.3 Å². The number of nitrogens with zero attached hydrogens (tertiary/aromatic N) is 1. The van der Waals surface area contributed by atoms with Gasteiger partial charge in [0, 0.05) is 19.7 Å². The van der Waals surface area contributed by atoms with Crippen LogP contribution in [0.1, 0.15) is 25.7 Å². The fourth-order valence-electron chi connectivity index (χ4n) is 2.62. The maximum atomic E-state index is 12.6. The van der Waals surface area contributed by atoms with E-state index in [0.717, 1.165) is 12.8 Å². The van der Waals surface area contributed by atoms with Crippen molar-refractivity contribution in [1.82, 2.24) is 4.90 Å². The first-order chi connectivity index (χ1) is 9.15. The van der Waals surface area contributed by atoms with Crippen LogP contribution in [0.15, 0.2) is 12.2 Å². The maximum Gasteiger partial charge on any atom is 0.307 e. The molecule has 1 N–H and O–H groups in total. The van der Waals surface area contributed by atoms with Crippen LogP contribution in [0.4, 0.5) is 0 Å². The van der Waals surface area contributed by atoms with Crippen molar-refractivity contribution >= 4 is 11.9 Å². The van der Waals surface area contributed by atoms with Crippen LogP contribution in [0, 0.1) is 11.8 Å². The van der Waals surface area contributed by atoms with Gasteiger partial charge in [-0.2, -0.15) is 0 Å². The van der Waals surface area contributed by atoms with Gasteiger partial charge in [-0.15, -0.1) is 0 Å². The van der Waals surface area contributed by atoms with Gasteiger partial charge in [0.2, 0.25) is 5.91 Å². The number of carboxylic acids is 1. The highest BCUT2D eigenvalue weighted by Crippen LogP contribution is 2.33. The first-order valence-corrected chi connectivity index (χ1v) is 6.82. The molecule has 0 unspecified atom stereocenters. The van der Waals surface area contributed by atoms with E-state index in [1.807, 2.05) is 17.1 Å². The van der Waals surface area contributed by atoms with Gasteiger partial charge < -0.3 is 14.7 Å². The molecule has 2 atom stereocenters. The van der Waals surface area contributed by atoms with Crippen molar-refractivity contribution in [2.24, 2.45) is 11.8 Å². The smallest absolute Gasteiger partial charge is 0.307 e. The molecule has 19 heavy (non-hydrogen) atoms. The van der Waals surface area contributed by atoms with E-state index in [1.54, 1.807) is 7.11 Å². The molecule has 0 spiro atoms. The molecule has 0 aromatic rings. The van der Waals surface area contributed by atoms with Gasteiger partial charge in [0.15, 0.2) is 0 Å². The van der Waals surface area contributed by atoms with Crippen LogP contribution in [0.5, 0.6) is 0 Å². The van der Waals surface area contributed by atoms with E-state index < -0.39 is 17.8 Å². The zero-order chi connectivity index (χ0) is 13.8. The lowest BCUT2D eigenvalue weighted by atomic mass is 9.82. The number of hydrogen-bond donors (Lipinski definition) is 1. The summed E-state index contributed by atoms with van der Waals surface area (Å²) in [5.74, 6) is -1.89. The largest absolute Gasteiger partial charge is 0.481 e. The minimum Gasteiger partial charge on any atom is -0.481 e. The molecule has 0 aromatic heterocycles. The number of carboxylic acid groups (broad SMARTS) is 1. The number of aliphatic carboxylic acids is 1. The summed E-state index contributed by atoms with van der Waals surface area (Å²) in [5, 5.41) is 9.24. The molecule has 0 aliphatic heterocycles. The van der Waals surface area contributed by atoms with Gasteiger partial charge in [-0.25, -0.2) is 0 Å². The van der Waals surface area contributed by atoms with E-state index in [2.05, 4.69) is 0 Å². The fourth-order valence-corrected chi connectivity index (χ4v) is 2.62. The standard InChI is InChI=1S/C14H21NO4/c1-19-9-8-15(10-6-7-10)13(16)11-4-2-3-5-12(11)14(17)18/h2-3,10-12H,4-9H2,1H3,(H,17,18)/t11-,12+/m1/s1. The predicted octanol–water partition coefficient (Wildman–Crippen LogP) is 1.29. The van der Waals surface area contributed by atoms with Gasteiger partial charge in [0.25, 0.3) is 0 Å². The SMILES string of the molecule is COCCN(C(=O)[C@@H]1CC=CC[C@@H]1C(=O)O)C1CC1. The molecule has 106 valence electrons. The van der Waals surface area contributed by atoms with Crippen molar-refractivity contribution in [3.8, 4) is 0 Å². The molecule has 0 radical (unpaired) electrons. The normalized spacial score (nSPS) is 26.2. The summed E-state index contributed by atoms with van der Waals surface area (Å²) in [5.41, 5.74) is 0. The summed E-state index contributed by atoms with van der Waals surface area (Å²) < 4.78 is 5.04. The Morgan fingerprint density at radius 2 is 1.89 bits per heavy atom. The highest BCUT2D eigenvalue weighted by Gasteiger charge is 2.40. The van der Waals surface area contributed by atoms with E-state index in [4.69, 9.17) is 4.74 Å². The monoisotopic (exact) mass is 267 g/mol. The Balaban J connectivity index is 2.06. The predicted molar refractivity (Wildman–Crippen MR) is 69.6 cm³/mol. The third-order valence-corrected chi connectivity index (χ3v) is 3.87.